The monoisotopic (exact) mass is 388 g/mol. The van der Waals surface area contributed by atoms with Crippen LogP contribution in [0.1, 0.15) is 22.6 Å². The molecule has 0 fully saturated rings. The second kappa shape index (κ2) is 8.16. The molecule has 0 unspecified atom stereocenters. The largest absolute Gasteiger partial charge is 0.449 e. The van der Waals surface area contributed by atoms with Gasteiger partial charge in [0, 0.05) is 12.1 Å². The van der Waals surface area contributed by atoms with Crippen LogP contribution < -0.4 is 5.32 Å². The maximum atomic E-state index is 12.1. The number of carbonyl (C=O) groups excluding carboxylic acids is 1. The Labute approximate surface area is 168 Å². The normalized spacial score (nSPS) is 11.8. The van der Waals surface area contributed by atoms with E-state index < -0.39 is 6.09 Å². The van der Waals surface area contributed by atoms with Gasteiger partial charge in [-0.2, -0.15) is 0 Å². The van der Waals surface area contributed by atoms with Crippen molar-refractivity contribution in [1.82, 2.24) is 10.3 Å². The van der Waals surface area contributed by atoms with E-state index in [-0.39, 0.29) is 19.1 Å². The number of benzene rings is 2. The van der Waals surface area contributed by atoms with E-state index in [9.17, 15) is 4.79 Å². The number of alkyl carbamates (subject to hydrolysis) is 1. The van der Waals surface area contributed by atoms with Crippen molar-refractivity contribution in [2.45, 2.75) is 5.92 Å². The van der Waals surface area contributed by atoms with Crippen LogP contribution in [0.2, 0.25) is 5.15 Å². The van der Waals surface area contributed by atoms with Gasteiger partial charge in [0.05, 0.1) is 12.1 Å². The summed E-state index contributed by atoms with van der Waals surface area (Å²) in [5, 5.41) is 2.99. The third-order valence-corrected chi connectivity index (χ3v) is 4.95. The molecule has 0 radical (unpaired) electrons. The summed E-state index contributed by atoms with van der Waals surface area (Å²) in [7, 11) is 0. The SMILES string of the molecule is O=C(NCC#Cc1cccnc1Cl)OCC1c2ccccc2-c2ccccc21. The smallest absolute Gasteiger partial charge is 0.407 e. The number of pyridine rings is 1. The summed E-state index contributed by atoms with van der Waals surface area (Å²) in [6, 6.07) is 20.0. The van der Waals surface area contributed by atoms with Crippen molar-refractivity contribution < 1.29 is 9.53 Å². The van der Waals surface area contributed by atoms with E-state index in [0.29, 0.717) is 10.7 Å². The number of fused-ring (bicyclic) bond motifs is 3. The molecule has 28 heavy (non-hydrogen) atoms. The summed E-state index contributed by atoms with van der Waals surface area (Å²) in [4.78, 5) is 16.0. The van der Waals surface area contributed by atoms with Crippen molar-refractivity contribution in [3.05, 3.63) is 88.7 Å². The zero-order chi connectivity index (χ0) is 19.3. The minimum absolute atomic E-state index is 0.0402. The maximum Gasteiger partial charge on any atom is 0.407 e. The average molecular weight is 389 g/mol. The van der Waals surface area contributed by atoms with E-state index in [1.54, 1.807) is 18.3 Å². The highest BCUT2D eigenvalue weighted by atomic mass is 35.5. The van der Waals surface area contributed by atoms with E-state index in [1.807, 2.05) is 24.3 Å². The number of nitrogens with one attached hydrogen (secondary N) is 1. The van der Waals surface area contributed by atoms with Gasteiger partial charge in [-0.25, -0.2) is 9.78 Å². The molecule has 0 saturated heterocycles. The van der Waals surface area contributed by atoms with Crippen LogP contribution in [0.4, 0.5) is 4.79 Å². The number of amides is 1. The quantitative estimate of drug-likeness (QED) is 0.526. The van der Waals surface area contributed by atoms with Gasteiger partial charge in [-0.15, -0.1) is 0 Å². The van der Waals surface area contributed by atoms with E-state index >= 15 is 0 Å². The Balaban J connectivity index is 1.36. The molecule has 1 aliphatic rings. The molecule has 1 N–H and O–H groups in total. The standard InChI is InChI=1S/C23H17ClN2O2/c24-22-16(7-5-13-25-22)8-6-14-26-23(27)28-15-21-19-11-3-1-9-17(19)18-10-2-4-12-20(18)21/h1-5,7,9-13,21H,14-15H2,(H,26,27). The molecular weight excluding hydrogens is 372 g/mol. The van der Waals surface area contributed by atoms with E-state index in [2.05, 4.69) is 46.4 Å². The second-order valence-corrected chi connectivity index (χ2v) is 6.68. The van der Waals surface area contributed by atoms with E-state index in [4.69, 9.17) is 16.3 Å². The first-order valence-corrected chi connectivity index (χ1v) is 9.30. The molecule has 0 saturated carbocycles. The Kier molecular flexibility index (Phi) is 5.27. The lowest BCUT2D eigenvalue weighted by Crippen LogP contribution is -2.26. The summed E-state index contributed by atoms with van der Waals surface area (Å²) in [6.45, 7) is 0.448. The number of rotatable bonds is 3. The van der Waals surface area contributed by atoms with Crippen molar-refractivity contribution >= 4 is 17.7 Å². The number of hydrogen-bond acceptors (Lipinski definition) is 3. The molecule has 4 nitrogen and oxygen atoms in total. The van der Waals surface area contributed by atoms with Crippen molar-refractivity contribution in [3.8, 4) is 23.0 Å². The van der Waals surface area contributed by atoms with Gasteiger partial charge in [0.15, 0.2) is 0 Å². The average Bonchev–Trinajstić information content (AvgIpc) is 3.05. The highest BCUT2D eigenvalue weighted by Crippen LogP contribution is 2.44. The Morgan fingerprint density at radius 3 is 2.39 bits per heavy atom. The molecule has 4 rings (SSSR count). The van der Waals surface area contributed by atoms with Crippen molar-refractivity contribution in [2.75, 3.05) is 13.2 Å². The van der Waals surface area contributed by atoms with Crippen LogP contribution in [-0.2, 0) is 4.74 Å². The lowest BCUT2D eigenvalue weighted by Gasteiger charge is -2.14. The highest BCUT2D eigenvalue weighted by Gasteiger charge is 2.28. The summed E-state index contributed by atoms with van der Waals surface area (Å²) in [5.41, 5.74) is 5.39. The predicted octanol–water partition coefficient (Wildman–Crippen LogP) is 4.63. The summed E-state index contributed by atoms with van der Waals surface area (Å²) in [5.74, 6) is 5.76. The first-order valence-electron chi connectivity index (χ1n) is 8.92. The van der Waals surface area contributed by atoms with Crippen LogP contribution in [0.25, 0.3) is 11.1 Å². The zero-order valence-corrected chi connectivity index (χ0v) is 15.7. The Morgan fingerprint density at radius 1 is 1.04 bits per heavy atom. The van der Waals surface area contributed by atoms with Crippen molar-refractivity contribution in [2.24, 2.45) is 0 Å². The van der Waals surface area contributed by atoms with Crippen LogP contribution in [-0.4, -0.2) is 24.2 Å². The maximum absolute atomic E-state index is 12.1. The summed E-state index contributed by atoms with van der Waals surface area (Å²) < 4.78 is 5.46. The molecule has 1 aromatic heterocycles. The third kappa shape index (κ3) is 3.71. The fourth-order valence-electron chi connectivity index (χ4n) is 3.38. The second-order valence-electron chi connectivity index (χ2n) is 6.32. The van der Waals surface area contributed by atoms with Crippen LogP contribution in [0.3, 0.4) is 0 Å². The Morgan fingerprint density at radius 2 is 1.71 bits per heavy atom. The number of carbonyl (C=O) groups is 1. The van der Waals surface area contributed by atoms with Gasteiger partial charge in [0.25, 0.3) is 0 Å². The number of halogens is 1. The molecule has 2 aromatic carbocycles. The molecular formula is C23H17ClN2O2. The molecule has 0 bridgehead atoms. The Bertz CT molecular complexity index is 1040. The van der Waals surface area contributed by atoms with Gasteiger partial charge in [-0.3, -0.25) is 0 Å². The molecule has 3 aromatic rings. The topological polar surface area (TPSA) is 51.2 Å². The molecule has 0 aliphatic heterocycles. The lowest BCUT2D eigenvalue weighted by molar-refractivity contribution is 0.144. The molecule has 5 heteroatoms. The van der Waals surface area contributed by atoms with E-state index in [1.165, 1.54) is 22.3 Å². The highest BCUT2D eigenvalue weighted by molar-refractivity contribution is 6.30. The summed E-state index contributed by atoms with van der Waals surface area (Å²) in [6.07, 6.45) is 1.11. The molecule has 138 valence electrons. The number of ether oxygens (including phenoxy) is 1. The van der Waals surface area contributed by atoms with Crippen LogP contribution in [0.15, 0.2) is 66.9 Å². The van der Waals surface area contributed by atoms with Crippen molar-refractivity contribution in [1.29, 1.82) is 0 Å². The molecule has 1 amide bonds. The van der Waals surface area contributed by atoms with E-state index in [0.717, 1.165) is 0 Å². The van der Waals surface area contributed by atoms with Gasteiger partial charge in [0.1, 0.15) is 11.8 Å². The van der Waals surface area contributed by atoms with Gasteiger partial charge in [0.2, 0.25) is 0 Å². The first-order chi connectivity index (χ1) is 13.7. The number of nitrogens with zero attached hydrogens (tertiary/aromatic N) is 1. The summed E-state index contributed by atoms with van der Waals surface area (Å²) >= 11 is 5.95. The lowest BCUT2D eigenvalue weighted by atomic mass is 9.98. The zero-order valence-electron chi connectivity index (χ0n) is 15.0. The van der Waals surface area contributed by atoms with Gasteiger partial charge in [-0.1, -0.05) is 72.0 Å². The van der Waals surface area contributed by atoms with Crippen LogP contribution in [0.5, 0.6) is 0 Å². The first kappa shape index (κ1) is 18.1. The van der Waals surface area contributed by atoms with Gasteiger partial charge < -0.3 is 10.1 Å². The predicted molar refractivity (Wildman–Crippen MR) is 109 cm³/mol. The van der Waals surface area contributed by atoms with Gasteiger partial charge in [-0.05, 0) is 34.4 Å². The molecule has 0 atom stereocenters. The van der Waals surface area contributed by atoms with Crippen LogP contribution in [0, 0.1) is 11.8 Å². The fourth-order valence-corrected chi connectivity index (χ4v) is 3.55. The minimum Gasteiger partial charge on any atom is -0.449 e. The molecule has 1 heterocycles. The van der Waals surface area contributed by atoms with Crippen molar-refractivity contribution in [3.63, 3.8) is 0 Å². The minimum atomic E-state index is -0.492. The van der Waals surface area contributed by atoms with Crippen LogP contribution >= 0.6 is 11.6 Å². The van der Waals surface area contributed by atoms with Gasteiger partial charge >= 0.3 is 6.09 Å². The third-order valence-electron chi connectivity index (χ3n) is 4.65. The fraction of sp³-hybridized carbons (Fsp3) is 0.130. The number of hydrogen-bond donors (Lipinski definition) is 1. The number of aromatic nitrogens is 1. The Hall–Kier alpha value is -3.29. The molecule has 1 aliphatic carbocycles. The molecule has 0 spiro atoms.